The minimum atomic E-state index is -0.113. The third-order valence-electron chi connectivity index (χ3n) is 5.84. The number of benzene rings is 2. The number of urea groups is 1. The van der Waals surface area contributed by atoms with Gasteiger partial charge in [0.1, 0.15) is 11.5 Å². The van der Waals surface area contributed by atoms with E-state index in [1.54, 1.807) is 4.90 Å². The average molecular weight is 423 g/mol. The number of hydrogen-bond acceptors (Lipinski definition) is 4. The van der Waals surface area contributed by atoms with Gasteiger partial charge < -0.3 is 19.9 Å². The summed E-state index contributed by atoms with van der Waals surface area (Å²) in [6.07, 6.45) is 2.22. The Morgan fingerprint density at radius 2 is 1.39 bits per heavy atom. The minimum Gasteiger partial charge on any atom is -0.457 e. The smallest absolute Gasteiger partial charge is 0.321 e. The van der Waals surface area contributed by atoms with Gasteiger partial charge in [0.15, 0.2) is 0 Å². The van der Waals surface area contributed by atoms with Crippen molar-refractivity contribution in [1.29, 1.82) is 0 Å². The second kappa shape index (κ2) is 9.83. The quantitative estimate of drug-likeness (QED) is 0.800. The van der Waals surface area contributed by atoms with Crippen LogP contribution in [-0.4, -0.2) is 72.5 Å². The first-order valence-electron chi connectivity index (χ1n) is 11.0. The number of nitrogens with zero attached hydrogens (tertiary/aromatic N) is 3. The summed E-state index contributed by atoms with van der Waals surface area (Å²) in [5.41, 5.74) is 1.91. The van der Waals surface area contributed by atoms with Gasteiger partial charge in [0.25, 0.3) is 0 Å². The van der Waals surface area contributed by atoms with E-state index >= 15 is 0 Å². The van der Waals surface area contributed by atoms with Crippen LogP contribution in [0, 0.1) is 6.92 Å². The average Bonchev–Trinajstić information content (AvgIpc) is 3.32. The number of piperazine rings is 1. The largest absolute Gasteiger partial charge is 0.457 e. The maximum absolute atomic E-state index is 12.6. The molecule has 7 heteroatoms. The van der Waals surface area contributed by atoms with Crippen LogP contribution in [0.2, 0.25) is 0 Å². The first kappa shape index (κ1) is 21.2. The van der Waals surface area contributed by atoms with Crippen molar-refractivity contribution in [2.45, 2.75) is 19.8 Å². The van der Waals surface area contributed by atoms with Gasteiger partial charge in [-0.15, -0.1) is 0 Å². The fourth-order valence-corrected chi connectivity index (χ4v) is 3.92. The molecule has 1 N–H and O–H groups in total. The van der Waals surface area contributed by atoms with Crippen LogP contribution < -0.4 is 10.1 Å². The summed E-state index contributed by atoms with van der Waals surface area (Å²) in [4.78, 5) is 30.8. The van der Waals surface area contributed by atoms with Crippen molar-refractivity contribution in [1.82, 2.24) is 14.7 Å². The summed E-state index contributed by atoms with van der Waals surface area (Å²) in [6.45, 7) is 6.94. The number of nitrogens with one attached hydrogen (secondary N) is 1. The van der Waals surface area contributed by atoms with E-state index in [0.29, 0.717) is 19.6 Å². The van der Waals surface area contributed by atoms with Crippen molar-refractivity contribution >= 4 is 17.6 Å². The summed E-state index contributed by atoms with van der Waals surface area (Å²) in [6, 6.07) is 15.1. The standard InChI is InChI=1S/C24H30N4O3/c1-19-4-8-21(9-5-19)31-22-10-6-20(7-11-22)25-24(30)28-16-14-26(15-17-28)18-23(29)27-12-2-3-13-27/h4-11H,2-3,12-18H2,1H3,(H,25,30). The van der Waals surface area contributed by atoms with Gasteiger partial charge in [0, 0.05) is 45.0 Å². The lowest BCUT2D eigenvalue weighted by molar-refractivity contribution is -0.131. The molecular weight excluding hydrogens is 392 g/mol. The fraction of sp³-hybridized carbons (Fsp3) is 0.417. The van der Waals surface area contributed by atoms with Crippen LogP contribution in [0.4, 0.5) is 10.5 Å². The number of carbonyl (C=O) groups excluding carboxylic acids is 2. The van der Waals surface area contributed by atoms with Gasteiger partial charge in [-0.3, -0.25) is 9.69 Å². The van der Waals surface area contributed by atoms with Gasteiger partial charge in [0.2, 0.25) is 5.91 Å². The monoisotopic (exact) mass is 422 g/mol. The molecule has 2 aliphatic heterocycles. The molecule has 164 valence electrons. The summed E-state index contributed by atoms with van der Waals surface area (Å²) in [7, 11) is 0. The van der Waals surface area contributed by atoms with E-state index in [4.69, 9.17) is 4.74 Å². The molecule has 4 rings (SSSR count). The highest BCUT2D eigenvalue weighted by Gasteiger charge is 2.25. The highest BCUT2D eigenvalue weighted by atomic mass is 16.5. The molecule has 3 amide bonds. The number of ether oxygens (including phenoxy) is 1. The second-order valence-corrected chi connectivity index (χ2v) is 8.22. The van der Waals surface area contributed by atoms with E-state index in [2.05, 4.69) is 10.2 Å². The molecule has 31 heavy (non-hydrogen) atoms. The van der Waals surface area contributed by atoms with Crippen LogP contribution >= 0.6 is 0 Å². The van der Waals surface area contributed by atoms with Crippen LogP contribution in [-0.2, 0) is 4.79 Å². The van der Waals surface area contributed by atoms with E-state index in [9.17, 15) is 9.59 Å². The zero-order valence-electron chi connectivity index (χ0n) is 18.0. The van der Waals surface area contributed by atoms with Gasteiger partial charge >= 0.3 is 6.03 Å². The molecule has 0 atom stereocenters. The first-order valence-corrected chi connectivity index (χ1v) is 11.0. The molecule has 2 aliphatic rings. The van der Waals surface area contributed by atoms with Crippen molar-refractivity contribution in [3.63, 3.8) is 0 Å². The molecule has 2 saturated heterocycles. The number of anilines is 1. The topological polar surface area (TPSA) is 65.1 Å². The molecule has 0 aliphatic carbocycles. The number of amides is 3. The van der Waals surface area contributed by atoms with Gasteiger partial charge in [0.05, 0.1) is 6.54 Å². The predicted molar refractivity (Wildman–Crippen MR) is 121 cm³/mol. The molecule has 7 nitrogen and oxygen atoms in total. The van der Waals surface area contributed by atoms with Gasteiger partial charge in [-0.2, -0.15) is 0 Å². The zero-order valence-corrected chi connectivity index (χ0v) is 18.0. The molecular formula is C24H30N4O3. The Kier molecular flexibility index (Phi) is 6.72. The van der Waals surface area contributed by atoms with Gasteiger partial charge in [-0.1, -0.05) is 17.7 Å². The second-order valence-electron chi connectivity index (χ2n) is 8.22. The Bertz CT molecular complexity index is 884. The van der Waals surface area contributed by atoms with E-state index in [-0.39, 0.29) is 11.9 Å². The summed E-state index contributed by atoms with van der Waals surface area (Å²) >= 11 is 0. The number of likely N-dealkylation sites (tertiary alicyclic amines) is 1. The van der Waals surface area contributed by atoms with E-state index in [0.717, 1.165) is 56.2 Å². The summed E-state index contributed by atoms with van der Waals surface area (Å²) in [5.74, 6) is 1.71. The zero-order chi connectivity index (χ0) is 21.6. The minimum absolute atomic E-state index is 0.113. The molecule has 0 bridgehead atoms. The van der Waals surface area contributed by atoms with Gasteiger partial charge in [-0.25, -0.2) is 4.79 Å². The molecule has 0 radical (unpaired) electrons. The number of aryl methyl sites for hydroxylation is 1. The molecule has 0 saturated carbocycles. The molecule has 2 aromatic carbocycles. The summed E-state index contributed by atoms with van der Waals surface area (Å²) < 4.78 is 5.83. The van der Waals surface area contributed by atoms with E-state index in [1.165, 1.54) is 5.56 Å². The summed E-state index contributed by atoms with van der Waals surface area (Å²) in [5, 5.41) is 2.95. The van der Waals surface area contributed by atoms with Crippen molar-refractivity contribution in [3.05, 3.63) is 54.1 Å². The van der Waals surface area contributed by atoms with Crippen molar-refractivity contribution in [2.24, 2.45) is 0 Å². The number of rotatable bonds is 5. The van der Waals surface area contributed by atoms with Crippen molar-refractivity contribution in [2.75, 3.05) is 51.1 Å². The third kappa shape index (κ3) is 5.76. The van der Waals surface area contributed by atoms with E-state index < -0.39 is 0 Å². The highest BCUT2D eigenvalue weighted by Crippen LogP contribution is 2.23. The molecule has 0 aromatic heterocycles. The Balaban J connectivity index is 1.22. The van der Waals surface area contributed by atoms with Crippen LogP contribution in [0.15, 0.2) is 48.5 Å². The van der Waals surface area contributed by atoms with Crippen LogP contribution in [0.1, 0.15) is 18.4 Å². The first-order chi connectivity index (χ1) is 15.1. The van der Waals surface area contributed by atoms with Crippen LogP contribution in [0.3, 0.4) is 0 Å². The lowest BCUT2D eigenvalue weighted by Crippen LogP contribution is -2.52. The van der Waals surface area contributed by atoms with E-state index in [1.807, 2.05) is 60.4 Å². The van der Waals surface area contributed by atoms with Crippen molar-refractivity contribution in [3.8, 4) is 11.5 Å². The Hall–Kier alpha value is -3.06. The van der Waals surface area contributed by atoms with Gasteiger partial charge in [-0.05, 0) is 56.2 Å². The Morgan fingerprint density at radius 1 is 0.806 bits per heavy atom. The van der Waals surface area contributed by atoms with Crippen LogP contribution in [0.5, 0.6) is 11.5 Å². The Labute approximate surface area is 183 Å². The molecule has 0 spiro atoms. The molecule has 2 heterocycles. The maximum Gasteiger partial charge on any atom is 0.321 e. The number of hydrogen-bond donors (Lipinski definition) is 1. The lowest BCUT2D eigenvalue weighted by atomic mass is 10.2. The maximum atomic E-state index is 12.6. The normalized spacial score (nSPS) is 16.9. The SMILES string of the molecule is Cc1ccc(Oc2ccc(NC(=O)N3CCN(CC(=O)N4CCCC4)CC3)cc2)cc1. The molecule has 0 unspecified atom stereocenters. The Morgan fingerprint density at radius 3 is 2.00 bits per heavy atom. The molecule has 2 fully saturated rings. The van der Waals surface area contributed by atoms with Crippen molar-refractivity contribution < 1.29 is 14.3 Å². The fourth-order valence-electron chi connectivity index (χ4n) is 3.92. The third-order valence-corrected chi connectivity index (χ3v) is 5.84. The van der Waals surface area contributed by atoms with Crippen LogP contribution in [0.25, 0.3) is 0 Å². The lowest BCUT2D eigenvalue weighted by Gasteiger charge is -2.35. The predicted octanol–water partition coefficient (Wildman–Crippen LogP) is 3.56. The highest BCUT2D eigenvalue weighted by molar-refractivity contribution is 5.89. The number of carbonyl (C=O) groups is 2. The molecule has 2 aromatic rings.